The Kier molecular flexibility index (Phi) is 4.65. The van der Waals surface area contributed by atoms with Crippen LogP contribution in [-0.4, -0.2) is 37.5 Å². The highest BCUT2D eigenvalue weighted by Crippen LogP contribution is 2.17. The van der Waals surface area contributed by atoms with Crippen LogP contribution in [0.4, 0.5) is 13.2 Å². The molecule has 0 bridgehead atoms. The van der Waals surface area contributed by atoms with Gasteiger partial charge in [-0.1, -0.05) is 0 Å². The standard InChI is InChI=1S/C14H17F3N2O/c1-19(8-9-2-4-18-5-3-9)14(20)10-6-11(15)13(17)12(16)7-10/h6-7,9,18H,2-5,8H2,1H3. The molecule has 1 aliphatic heterocycles. The van der Waals surface area contributed by atoms with Crippen LogP contribution >= 0.6 is 0 Å². The Bertz CT molecular complexity index is 478. The third-order valence-electron chi connectivity index (χ3n) is 3.57. The number of nitrogens with one attached hydrogen (secondary N) is 1. The van der Waals surface area contributed by atoms with E-state index in [2.05, 4.69) is 5.32 Å². The van der Waals surface area contributed by atoms with Gasteiger partial charge in [0.1, 0.15) is 0 Å². The van der Waals surface area contributed by atoms with Gasteiger partial charge < -0.3 is 10.2 Å². The maximum atomic E-state index is 13.1. The summed E-state index contributed by atoms with van der Waals surface area (Å²) in [5.74, 6) is -4.36. The number of amides is 1. The van der Waals surface area contributed by atoms with E-state index in [1.165, 1.54) is 4.90 Å². The summed E-state index contributed by atoms with van der Waals surface area (Å²) in [5.41, 5.74) is -0.169. The molecule has 20 heavy (non-hydrogen) atoms. The number of hydrogen-bond acceptors (Lipinski definition) is 2. The number of piperidine rings is 1. The van der Waals surface area contributed by atoms with Crippen molar-refractivity contribution in [2.75, 3.05) is 26.7 Å². The van der Waals surface area contributed by atoms with Crippen molar-refractivity contribution in [3.8, 4) is 0 Å². The Labute approximate surface area is 115 Å². The van der Waals surface area contributed by atoms with Crippen LogP contribution in [0.2, 0.25) is 0 Å². The fraction of sp³-hybridized carbons (Fsp3) is 0.500. The number of rotatable bonds is 3. The quantitative estimate of drug-likeness (QED) is 0.864. The molecule has 0 aliphatic carbocycles. The molecule has 1 aromatic carbocycles. The molecule has 1 heterocycles. The SMILES string of the molecule is CN(CC1CCNCC1)C(=O)c1cc(F)c(F)c(F)c1. The van der Waals surface area contributed by atoms with Crippen LogP contribution in [0.5, 0.6) is 0 Å². The molecule has 1 fully saturated rings. The molecule has 0 spiro atoms. The fourth-order valence-electron chi connectivity index (χ4n) is 2.43. The largest absolute Gasteiger partial charge is 0.341 e. The second-order valence-electron chi connectivity index (χ2n) is 5.13. The Hall–Kier alpha value is -1.56. The minimum atomic E-state index is -1.55. The van der Waals surface area contributed by atoms with E-state index in [-0.39, 0.29) is 5.56 Å². The second-order valence-corrected chi connectivity index (χ2v) is 5.13. The zero-order valence-electron chi connectivity index (χ0n) is 11.3. The highest BCUT2D eigenvalue weighted by Gasteiger charge is 2.21. The molecule has 1 saturated heterocycles. The van der Waals surface area contributed by atoms with Crippen molar-refractivity contribution in [3.05, 3.63) is 35.1 Å². The van der Waals surface area contributed by atoms with Gasteiger partial charge in [0.15, 0.2) is 17.5 Å². The van der Waals surface area contributed by atoms with Gasteiger partial charge in [0.25, 0.3) is 5.91 Å². The van der Waals surface area contributed by atoms with Crippen LogP contribution in [0.15, 0.2) is 12.1 Å². The van der Waals surface area contributed by atoms with Crippen molar-refractivity contribution in [1.29, 1.82) is 0 Å². The summed E-state index contributed by atoms with van der Waals surface area (Å²) < 4.78 is 39.1. The maximum absolute atomic E-state index is 13.1. The normalized spacial score (nSPS) is 16.2. The van der Waals surface area contributed by atoms with Gasteiger partial charge in [-0.3, -0.25) is 4.79 Å². The third-order valence-corrected chi connectivity index (χ3v) is 3.57. The van der Waals surface area contributed by atoms with E-state index in [1.54, 1.807) is 7.05 Å². The van der Waals surface area contributed by atoms with Crippen molar-refractivity contribution in [2.45, 2.75) is 12.8 Å². The van der Waals surface area contributed by atoms with Crippen molar-refractivity contribution in [2.24, 2.45) is 5.92 Å². The van der Waals surface area contributed by atoms with Gasteiger partial charge in [-0.15, -0.1) is 0 Å². The molecular weight excluding hydrogens is 269 g/mol. The van der Waals surface area contributed by atoms with E-state index < -0.39 is 23.4 Å². The van der Waals surface area contributed by atoms with Gasteiger partial charge in [-0.2, -0.15) is 0 Å². The van der Waals surface area contributed by atoms with Crippen LogP contribution in [0, 0.1) is 23.4 Å². The smallest absolute Gasteiger partial charge is 0.253 e. The lowest BCUT2D eigenvalue weighted by atomic mass is 9.97. The molecule has 0 saturated carbocycles. The number of carbonyl (C=O) groups is 1. The lowest BCUT2D eigenvalue weighted by molar-refractivity contribution is 0.0761. The Morgan fingerprint density at radius 3 is 2.35 bits per heavy atom. The highest BCUT2D eigenvalue weighted by atomic mass is 19.2. The van der Waals surface area contributed by atoms with Crippen molar-refractivity contribution in [3.63, 3.8) is 0 Å². The topological polar surface area (TPSA) is 32.3 Å². The Balaban J connectivity index is 2.06. The third kappa shape index (κ3) is 3.30. The first-order valence-electron chi connectivity index (χ1n) is 6.59. The summed E-state index contributed by atoms with van der Waals surface area (Å²) >= 11 is 0. The molecule has 1 N–H and O–H groups in total. The summed E-state index contributed by atoms with van der Waals surface area (Å²) in [7, 11) is 1.59. The molecule has 0 atom stereocenters. The van der Waals surface area contributed by atoms with Crippen LogP contribution in [0.1, 0.15) is 23.2 Å². The van der Waals surface area contributed by atoms with Gasteiger partial charge in [0, 0.05) is 19.2 Å². The Morgan fingerprint density at radius 1 is 1.25 bits per heavy atom. The number of hydrogen-bond donors (Lipinski definition) is 1. The first kappa shape index (κ1) is 14.8. The number of benzene rings is 1. The van der Waals surface area contributed by atoms with E-state index in [0.717, 1.165) is 38.1 Å². The van der Waals surface area contributed by atoms with Crippen LogP contribution in [0.3, 0.4) is 0 Å². The lowest BCUT2D eigenvalue weighted by Gasteiger charge is -2.27. The van der Waals surface area contributed by atoms with E-state index in [0.29, 0.717) is 12.5 Å². The fourth-order valence-corrected chi connectivity index (χ4v) is 2.43. The molecular formula is C14H17F3N2O. The summed E-state index contributed by atoms with van der Waals surface area (Å²) in [6, 6.07) is 1.47. The predicted octanol–water partition coefficient (Wildman–Crippen LogP) is 2.18. The minimum absolute atomic E-state index is 0.169. The summed E-state index contributed by atoms with van der Waals surface area (Å²) in [6.45, 7) is 2.35. The molecule has 0 unspecified atom stereocenters. The van der Waals surface area contributed by atoms with Crippen molar-refractivity contribution in [1.82, 2.24) is 10.2 Å². The van der Waals surface area contributed by atoms with Crippen LogP contribution in [0.25, 0.3) is 0 Å². The molecule has 1 aliphatic rings. The predicted molar refractivity (Wildman–Crippen MR) is 68.9 cm³/mol. The molecule has 2 rings (SSSR count). The van der Waals surface area contributed by atoms with Gasteiger partial charge in [0.05, 0.1) is 0 Å². The van der Waals surface area contributed by atoms with E-state index >= 15 is 0 Å². The molecule has 3 nitrogen and oxygen atoms in total. The first-order chi connectivity index (χ1) is 9.49. The first-order valence-corrected chi connectivity index (χ1v) is 6.59. The monoisotopic (exact) mass is 286 g/mol. The van der Waals surface area contributed by atoms with Gasteiger partial charge in [-0.25, -0.2) is 13.2 Å². The molecule has 1 amide bonds. The second kappa shape index (κ2) is 6.26. The molecule has 0 aromatic heterocycles. The molecule has 6 heteroatoms. The van der Waals surface area contributed by atoms with E-state index in [9.17, 15) is 18.0 Å². The van der Waals surface area contributed by atoms with Gasteiger partial charge >= 0.3 is 0 Å². The summed E-state index contributed by atoms with van der Waals surface area (Å²) in [4.78, 5) is 13.5. The Morgan fingerprint density at radius 2 is 1.80 bits per heavy atom. The zero-order valence-corrected chi connectivity index (χ0v) is 11.3. The molecule has 1 aromatic rings. The average molecular weight is 286 g/mol. The lowest BCUT2D eigenvalue weighted by Crippen LogP contribution is -2.37. The summed E-state index contributed by atoms with van der Waals surface area (Å²) in [6.07, 6.45) is 1.92. The van der Waals surface area contributed by atoms with E-state index in [1.807, 2.05) is 0 Å². The van der Waals surface area contributed by atoms with Gasteiger partial charge in [0.2, 0.25) is 0 Å². The number of nitrogens with zero attached hydrogens (tertiary/aromatic N) is 1. The molecule has 0 radical (unpaired) electrons. The number of halogens is 3. The van der Waals surface area contributed by atoms with Crippen LogP contribution < -0.4 is 5.32 Å². The van der Waals surface area contributed by atoms with Crippen molar-refractivity contribution >= 4 is 5.91 Å². The highest BCUT2D eigenvalue weighted by molar-refractivity contribution is 5.94. The van der Waals surface area contributed by atoms with Crippen LogP contribution in [-0.2, 0) is 0 Å². The van der Waals surface area contributed by atoms with Gasteiger partial charge in [-0.05, 0) is 44.0 Å². The molecule has 110 valence electrons. The maximum Gasteiger partial charge on any atom is 0.253 e. The van der Waals surface area contributed by atoms with E-state index in [4.69, 9.17) is 0 Å². The number of carbonyl (C=O) groups excluding carboxylic acids is 1. The minimum Gasteiger partial charge on any atom is -0.341 e. The van der Waals surface area contributed by atoms with Crippen molar-refractivity contribution < 1.29 is 18.0 Å². The summed E-state index contributed by atoms with van der Waals surface area (Å²) in [5, 5.41) is 3.23. The zero-order chi connectivity index (χ0) is 14.7. The average Bonchev–Trinajstić information content (AvgIpc) is 2.44.